The van der Waals surface area contributed by atoms with Gasteiger partial charge in [-0.05, 0) is 38.0 Å². The average molecular weight is 462 g/mol. The molecule has 0 saturated carbocycles. The third-order valence-corrected chi connectivity index (χ3v) is 5.75. The molecule has 0 fully saturated rings. The molecule has 34 heavy (non-hydrogen) atoms. The zero-order valence-electron chi connectivity index (χ0n) is 19.2. The molecule has 1 aliphatic rings. The minimum absolute atomic E-state index is 0.110. The standard InChI is InChI=1S/C26H27N3O5/c1-3-33-25(31)22(26(32)34-4-2)19-13-10-15-28(17-18-11-6-5-7-12-18)23-21(19)24(30)29-16-9-8-14-20(29)27-23/h5-12,14-16,19,22H,3-4,13,17H2,1-2H3/t19-/m0/s1. The fourth-order valence-electron chi connectivity index (χ4n) is 4.26. The van der Waals surface area contributed by atoms with Gasteiger partial charge in [-0.25, -0.2) is 4.98 Å². The molecule has 0 bridgehead atoms. The van der Waals surface area contributed by atoms with Crippen LogP contribution in [0.3, 0.4) is 0 Å². The van der Waals surface area contributed by atoms with Crippen LogP contribution in [0.25, 0.3) is 5.65 Å². The zero-order chi connectivity index (χ0) is 24.1. The quantitative estimate of drug-likeness (QED) is 0.393. The van der Waals surface area contributed by atoms with E-state index in [1.54, 1.807) is 38.2 Å². The van der Waals surface area contributed by atoms with E-state index in [1.165, 1.54) is 4.40 Å². The first kappa shape index (κ1) is 23.2. The molecule has 4 rings (SSSR count). The lowest BCUT2D eigenvalue weighted by Crippen LogP contribution is -2.37. The van der Waals surface area contributed by atoms with Gasteiger partial charge in [-0.2, -0.15) is 0 Å². The Labute approximate surface area is 197 Å². The number of hydrogen-bond acceptors (Lipinski definition) is 7. The molecule has 2 aromatic heterocycles. The van der Waals surface area contributed by atoms with Gasteiger partial charge in [0.05, 0.1) is 18.8 Å². The number of benzene rings is 1. The van der Waals surface area contributed by atoms with E-state index in [0.29, 0.717) is 18.0 Å². The number of carbonyl (C=O) groups is 2. The summed E-state index contributed by atoms with van der Waals surface area (Å²) in [7, 11) is 0. The van der Waals surface area contributed by atoms with Gasteiger partial charge in [0.1, 0.15) is 11.5 Å². The Balaban J connectivity index is 1.91. The van der Waals surface area contributed by atoms with Crippen LogP contribution in [-0.4, -0.2) is 34.5 Å². The number of aromatic nitrogens is 2. The van der Waals surface area contributed by atoms with Crippen molar-refractivity contribution in [3.63, 3.8) is 0 Å². The highest BCUT2D eigenvalue weighted by Crippen LogP contribution is 2.37. The van der Waals surface area contributed by atoms with E-state index in [4.69, 9.17) is 14.5 Å². The van der Waals surface area contributed by atoms with E-state index in [0.717, 1.165) is 5.56 Å². The van der Waals surface area contributed by atoms with Crippen LogP contribution >= 0.6 is 0 Å². The number of pyridine rings is 1. The van der Waals surface area contributed by atoms with Crippen LogP contribution in [0, 0.1) is 5.92 Å². The summed E-state index contributed by atoms with van der Waals surface area (Å²) in [6, 6.07) is 15.1. The third kappa shape index (κ3) is 4.57. The number of anilines is 1. The first-order valence-corrected chi connectivity index (χ1v) is 11.4. The van der Waals surface area contributed by atoms with Gasteiger partial charge in [0.2, 0.25) is 0 Å². The molecular formula is C26H27N3O5. The van der Waals surface area contributed by atoms with Crippen molar-refractivity contribution in [2.75, 3.05) is 18.1 Å². The number of rotatable bonds is 7. The number of ether oxygens (including phenoxy) is 2. The van der Waals surface area contributed by atoms with Crippen LogP contribution in [0.2, 0.25) is 0 Å². The molecule has 3 heterocycles. The van der Waals surface area contributed by atoms with E-state index in [-0.39, 0.29) is 30.8 Å². The predicted octanol–water partition coefficient (Wildman–Crippen LogP) is 3.44. The Morgan fingerprint density at radius 3 is 2.38 bits per heavy atom. The highest BCUT2D eigenvalue weighted by Gasteiger charge is 2.42. The largest absolute Gasteiger partial charge is 0.465 e. The van der Waals surface area contributed by atoms with Crippen molar-refractivity contribution in [3.05, 3.63) is 88.5 Å². The van der Waals surface area contributed by atoms with Crippen LogP contribution in [0.5, 0.6) is 0 Å². The summed E-state index contributed by atoms with van der Waals surface area (Å²) in [5, 5.41) is 0. The summed E-state index contributed by atoms with van der Waals surface area (Å²) in [5.41, 5.74) is 1.46. The van der Waals surface area contributed by atoms with Crippen molar-refractivity contribution >= 4 is 23.4 Å². The minimum atomic E-state index is -1.28. The van der Waals surface area contributed by atoms with E-state index >= 15 is 0 Å². The number of allylic oxidation sites excluding steroid dienone is 1. The number of hydrogen-bond donors (Lipinski definition) is 0. The number of carbonyl (C=O) groups excluding carboxylic acids is 2. The van der Waals surface area contributed by atoms with Gasteiger partial charge in [0.25, 0.3) is 5.56 Å². The molecule has 0 N–H and O–H groups in total. The van der Waals surface area contributed by atoms with E-state index in [2.05, 4.69) is 0 Å². The van der Waals surface area contributed by atoms with Crippen LogP contribution < -0.4 is 10.5 Å². The second-order valence-corrected chi connectivity index (χ2v) is 7.91. The van der Waals surface area contributed by atoms with Crippen LogP contribution in [0.4, 0.5) is 5.82 Å². The van der Waals surface area contributed by atoms with Crippen molar-refractivity contribution in [1.29, 1.82) is 0 Å². The highest BCUT2D eigenvalue weighted by molar-refractivity contribution is 5.96. The Kier molecular flexibility index (Phi) is 7.06. The molecule has 0 unspecified atom stereocenters. The molecule has 0 radical (unpaired) electrons. The van der Waals surface area contributed by atoms with Crippen molar-refractivity contribution < 1.29 is 19.1 Å². The molecule has 8 heteroatoms. The summed E-state index contributed by atoms with van der Waals surface area (Å²) >= 11 is 0. The van der Waals surface area contributed by atoms with Crippen LogP contribution in [0.15, 0.2) is 71.8 Å². The molecule has 8 nitrogen and oxygen atoms in total. The number of fused-ring (bicyclic) bond motifs is 2. The maximum Gasteiger partial charge on any atom is 0.320 e. The third-order valence-electron chi connectivity index (χ3n) is 5.75. The van der Waals surface area contributed by atoms with Gasteiger partial charge in [-0.15, -0.1) is 0 Å². The molecule has 3 aromatic rings. The molecule has 0 amide bonds. The lowest BCUT2D eigenvalue weighted by molar-refractivity contribution is -0.162. The van der Waals surface area contributed by atoms with Gasteiger partial charge in [-0.3, -0.25) is 18.8 Å². The van der Waals surface area contributed by atoms with Gasteiger partial charge in [0.15, 0.2) is 5.92 Å². The lowest BCUT2D eigenvalue weighted by Gasteiger charge is -2.26. The monoisotopic (exact) mass is 461 g/mol. The SMILES string of the molecule is CCOC(=O)C(C(=O)OCC)[C@H]1CC=CN(Cc2ccccc2)c2nc3ccccn3c(=O)c21. The van der Waals surface area contributed by atoms with Crippen molar-refractivity contribution in [1.82, 2.24) is 9.38 Å². The van der Waals surface area contributed by atoms with Crippen LogP contribution in [-0.2, 0) is 25.6 Å². The van der Waals surface area contributed by atoms with Crippen molar-refractivity contribution in [3.8, 4) is 0 Å². The van der Waals surface area contributed by atoms with E-state index < -0.39 is 23.8 Å². The van der Waals surface area contributed by atoms with Crippen molar-refractivity contribution in [2.45, 2.75) is 32.7 Å². The zero-order valence-corrected chi connectivity index (χ0v) is 19.2. The van der Waals surface area contributed by atoms with Gasteiger partial charge in [-0.1, -0.05) is 42.5 Å². The first-order chi connectivity index (χ1) is 16.5. The Bertz CT molecular complexity index is 1250. The summed E-state index contributed by atoms with van der Waals surface area (Å²) in [4.78, 5) is 46.3. The summed E-state index contributed by atoms with van der Waals surface area (Å²) in [6.45, 7) is 4.04. The molecule has 0 saturated heterocycles. The maximum atomic E-state index is 13.8. The predicted molar refractivity (Wildman–Crippen MR) is 127 cm³/mol. The second kappa shape index (κ2) is 10.3. The first-order valence-electron chi connectivity index (χ1n) is 11.4. The minimum Gasteiger partial charge on any atom is -0.465 e. The molecular weight excluding hydrogens is 434 g/mol. The summed E-state index contributed by atoms with van der Waals surface area (Å²) in [5.74, 6) is -3.07. The van der Waals surface area contributed by atoms with E-state index in [9.17, 15) is 14.4 Å². The van der Waals surface area contributed by atoms with Gasteiger partial charge < -0.3 is 14.4 Å². The lowest BCUT2D eigenvalue weighted by atomic mass is 9.84. The molecule has 1 atom stereocenters. The van der Waals surface area contributed by atoms with E-state index in [1.807, 2.05) is 47.5 Å². The van der Waals surface area contributed by atoms with Gasteiger partial charge >= 0.3 is 11.9 Å². The summed E-state index contributed by atoms with van der Waals surface area (Å²) in [6.07, 6.45) is 5.61. The van der Waals surface area contributed by atoms with Crippen molar-refractivity contribution in [2.24, 2.45) is 5.92 Å². The molecule has 1 aromatic carbocycles. The second-order valence-electron chi connectivity index (χ2n) is 7.91. The smallest absolute Gasteiger partial charge is 0.320 e. The Hall–Kier alpha value is -3.94. The van der Waals surface area contributed by atoms with Gasteiger partial charge in [0, 0.05) is 24.9 Å². The molecule has 176 valence electrons. The normalized spacial score (nSPS) is 15.1. The fraction of sp³-hybridized carbons (Fsp3) is 0.308. The average Bonchev–Trinajstić information content (AvgIpc) is 3.00. The number of esters is 2. The molecule has 0 spiro atoms. The topological polar surface area (TPSA) is 90.2 Å². The Morgan fingerprint density at radius 1 is 1.03 bits per heavy atom. The molecule has 0 aliphatic carbocycles. The Morgan fingerprint density at radius 2 is 1.71 bits per heavy atom. The molecule has 1 aliphatic heterocycles. The highest BCUT2D eigenvalue weighted by atomic mass is 16.6. The number of nitrogens with zero attached hydrogens (tertiary/aromatic N) is 3. The summed E-state index contributed by atoms with van der Waals surface area (Å²) < 4.78 is 11.9. The van der Waals surface area contributed by atoms with Crippen LogP contribution in [0.1, 0.15) is 37.3 Å². The fourth-order valence-corrected chi connectivity index (χ4v) is 4.26. The maximum absolute atomic E-state index is 13.8.